The molecule has 2 amide bonds. The number of fused-ring (bicyclic) bond motifs is 1. The number of nitrogens with one attached hydrogen (secondary N) is 2. The van der Waals surface area contributed by atoms with Crippen LogP contribution in [0.15, 0.2) is 42.5 Å². The maximum Gasteiger partial charge on any atom is 0.307 e. The number of rotatable bonds is 5. The Kier molecular flexibility index (Phi) is 5.48. The van der Waals surface area contributed by atoms with Crippen molar-refractivity contribution in [1.82, 2.24) is 10.2 Å². The molecule has 0 aromatic heterocycles. The number of nitrogens with zero attached hydrogens (tertiary/aromatic N) is 1. The average molecular weight is 355 g/mol. The molecule has 0 bridgehead atoms. The minimum Gasteiger partial charge on any atom is -0.469 e. The van der Waals surface area contributed by atoms with Crippen molar-refractivity contribution in [2.45, 2.75) is 12.5 Å². The Bertz CT molecular complexity index is 836. The lowest BCUT2D eigenvalue weighted by molar-refractivity contribution is -0.146. The molecule has 3 rings (SSSR count). The van der Waals surface area contributed by atoms with Crippen LogP contribution in [0.5, 0.6) is 0 Å². The first-order valence-corrected chi connectivity index (χ1v) is 8.44. The molecule has 0 aliphatic carbocycles. The molecule has 136 valence electrons. The summed E-state index contributed by atoms with van der Waals surface area (Å²) in [6.45, 7) is 0.972. The molecule has 1 aliphatic rings. The van der Waals surface area contributed by atoms with E-state index in [0.29, 0.717) is 18.8 Å². The van der Waals surface area contributed by atoms with E-state index in [2.05, 4.69) is 15.4 Å². The van der Waals surface area contributed by atoms with Gasteiger partial charge in [-0.2, -0.15) is 0 Å². The quantitative estimate of drug-likeness (QED) is 0.786. The van der Waals surface area contributed by atoms with Crippen molar-refractivity contribution in [2.24, 2.45) is 0 Å². The number of carbonyl (C=O) groups excluding carboxylic acids is 3. The molecule has 26 heavy (non-hydrogen) atoms. The Morgan fingerprint density at radius 2 is 2.00 bits per heavy atom. The molecule has 1 atom stereocenters. The van der Waals surface area contributed by atoms with E-state index in [0.717, 1.165) is 10.8 Å². The van der Waals surface area contributed by atoms with Crippen molar-refractivity contribution < 1.29 is 19.1 Å². The molecule has 0 radical (unpaired) electrons. The maximum atomic E-state index is 12.4. The number of anilines is 1. The molecule has 2 aromatic rings. The fraction of sp³-hybridized carbons (Fsp3) is 0.316. The van der Waals surface area contributed by atoms with Crippen LogP contribution in [-0.4, -0.2) is 55.5 Å². The largest absolute Gasteiger partial charge is 0.469 e. The highest BCUT2D eigenvalue weighted by Gasteiger charge is 2.33. The van der Waals surface area contributed by atoms with Crippen molar-refractivity contribution >= 4 is 34.2 Å². The van der Waals surface area contributed by atoms with Gasteiger partial charge < -0.3 is 15.4 Å². The molecule has 1 aliphatic heterocycles. The van der Waals surface area contributed by atoms with Gasteiger partial charge in [0, 0.05) is 18.8 Å². The number of amides is 2. The number of piperazine rings is 1. The zero-order valence-electron chi connectivity index (χ0n) is 14.5. The summed E-state index contributed by atoms with van der Waals surface area (Å²) in [7, 11) is 1.28. The lowest BCUT2D eigenvalue weighted by atomic mass is 10.1. The van der Waals surface area contributed by atoms with E-state index in [-0.39, 0.29) is 24.8 Å². The standard InChI is InChI=1S/C19H21N3O4/c1-26-18(24)11-16-19(25)20-8-9-22(16)12-17(23)21-15-7-6-13-4-2-3-5-14(13)10-15/h2-7,10,16H,8-9,11-12H2,1H3,(H,20,25)(H,21,23)/t16-/m1/s1. The predicted molar refractivity (Wildman–Crippen MR) is 97.6 cm³/mol. The Hall–Kier alpha value is -2.93. The van der Waals surface area contributed by atoms with Crippen LogP contribution in [-0.2, 0) is 19.1 Å². The van der Waals surface area contributed by atoms with Gasteiger partial charge in [-0.1, -0.05) is 30.3 Å². The molecule has 0 saturated carbocycles. The maximum absolute atomic E-state index is 12.4. The normalized spacial score (nSPS) is 17.6. The van der Waals surface area contributed by atoms with E-state index in [1.807, 2.05) is 42.5 Å². The van der Waals surface area contributed by atoms with Crippen molar-refractivity contribution in [3.05, 3.63) is 42.5 Å². The van der Waals surface area contributed by atoms with Crippen LogP contribution in [0.4, 0.5) is 5.69 Å². The number of ether oxygens (including phenoxy) is 1. The molecule has 0 unspecified atom stereocenters. The summed E-state index contributed by atoms with van der Waals surface area (Å²) in [5, 5.41) is 7.70. The van der Waals surface area contributed by atoms with E-state index in [1.54, 1.807) is 4.90 Å². The van der Waals surface area contributed by atoms with E-state index in [1.165, 1.54) is 7.11 Å². The molecular weight excluding hydrogens is 334 g/mol. The third kappa shape index (κ3) is 4.18. The van der Waals surface area contributed by atoms with E-state index in [9.17, 15) is 14.4 Å². The van der Waals surface area contributed by atoms with Crippen LogP contribution < -0.4 is 10.6 Å². The highest BCUT2D eigenvalue weighted by molar-refractivity contribution is 5.96. The summed E-state index contributed by atoms with van der Waals surface area (Å²) < 4.78 is 4.64. The molecule has 0 spiro atoms. The van der Waals surface area contributed by atoms with Gasteiger partial charge >= 0.3 is 5.97 Å². The monoisotopic (exact) mass is 355 g/mol. The van der Waals surface area contributed by atoms with Gasteiger partial charge in [-0.05, 0) is 22.9 Å². The summed E-state index contributed by atoms with van der Waals surface area (Å²) in [6.07, 6.45) is -0.0778. The lowest BCUT2D eigenvalue weighted by Gasteiger charge is -2.33. The SMILES string of the molecule is COC(=O)C[C@@H]1C(=O)NCCN1CC(=O)Nc1ccc2ccccc2c1. The molecule has 2 N–H and O–H groups in total. The van der Waals surface area contributed by atoms with E-state index >= 15 is 0 Å². The lowest BCUT2D eigenvalue weighted by Crippen LogP contribution is -2.57. The summed E-state index contributed by atoms with van der Waals surface area (Å²) in [6, 6.07) is 12.9. The molecule has 2 aromatic carbocycles. The zero-order valence-corrected chi connectivity index (χ0v) is 14.5. The van der Waals surface area contributed by atoms with Crippen molar-refractivity contribution in [3.63, 3.8) is 0 Å². The van der Waals surface area contributed by atoms with Gasteiger partial charge in [-0.15, -0.1) is 0 Å². The Morgan fingerprint density at radius 1 is 1.23 bits per heavy atom. The Morgan fingerprint density at radius 3 is 2.77 bits per heavy atom. The number of benzene rings is 2. The summed E-state index contributed by atoms with van der Waals surface area (Å²) in [5.74, 6) is -0.975. The van der Waals surface area contributed by atoms with Crippen LogP contribution >= 0.6 is 0 Å². The summed E-state index contributed by atoms with van der Waals surface area (Å²) >= 11 is 0. The first-order chi connectivity index (χ1) is 12.6. The van der Waals surface area contributed by atoms with Crippen molar-refractivity contribution in [2.75, 3.05) is 32.1 Å². The minimum absolute atomic E-state index is 0.0297. The summed E-state index contributed by atoms with van der Waals surface area (Å²) in [4.78, 5) is 37.7. The van der Waals surface area contributed by atoms with Gasteiger partial charge in [0.25, 0.3) is 0 Å². The van der Waals surface area contributed by atoms with Crippen LogP contribution in [0.25, 0.3) is 10.8 Å². The molecule has 1 heterocycles. The highest BCUT2D eigenvalue weighted by atomic mass is 16.5. The average Bonchev–Trinajstić information content (AvgIpc) is 2.64. The molecule has 1 saturated heterocycles. The van der Waals surface area contributed by atoms with Gasteiger partial charge in [0.05, 0.1) is 20.1 Å². The number of methoxy groups -OCH3 is 1. The fourth-order valence-electron chi connectivity index (χ4n) is 3.07. The number of esters is 1. The van der Waals surface area contributed by atoms with Gasteiger partial charge in [0.15, 0.2) is 0 Å². The second kappa shape index (κ2) is 7.97. The van der Waals surface area contributed by atoms with Gasteiger partial charge in [-0.3, -0.25) is 19.3 Å². The molecule has 7 heteroatoms. The fourth-order valence-corrected chi connectivity index (χ4v) is 3.07. The Balaban J connectivity index is 1.66. The summed E-state index contributed by atoms with van der Waals surface area (Å²) in [5.41, 5.74) is 0.694. The van der Waals surface area contributed by atoms with Crippen molar-refractivity contribution in [1.29, 1.82) is 0 Å². The van der Waals surface area contributed by atoms with Crippen LogP contribution in [0.2, 0.25) is 0 Å². The predicted octanol–water partition coefficient (Wildman–Crippen LogP) is 1.14. The van der Waals surface area contributed by atoms with Gasteiger partial charge in [0.1, 0.15) is 6.04 Å². The number of hydrogen-bond acceptors (Lipinski definition) is 5. The molecular formula is C19H21N3O4. The van der Waals surface area contributed by atoms with Crippen LogP contribution in [0.1, 0.15) is 6.42 Å². The second-order valence-corrected chi connectivity index (χ2v) is 6.17. The minimum atomic E-state index is -0.696. The highest BCUT2D eigenvalue weighted by Crippen LogP contribution is 2.19. The van der Waals surface area contributed by atoms with E-state index in [4.69, 9.17) is 0 Å². The van der Waals surface area contributed by atoms with Crippen LogP contribution in [0, 0.1) is 0 Å². The Labute approximate surface area is 151 Å². The van der Waals surface area contributed by atoms with Gasteiger partial charge in [0.2, 0.25) is 11.8 Å². The third-order valence-electron chi connectivity index (χ3n) is 4.41. The number of hydrogen-bond donors (Lipinski definition) is 2. The van der Waals surface area contributed by atoms with E-state index < -0.39 is 12.0 Å². The van der Waals surface area contributed by atoms with Crippen LogP contribution in [0.3, 0.4) is 0 Å². The molecule has 1 fully saturated rings. The second-order valence-electron chi connectivity index (χ2n) is 6.17. The number of carbonyl (C=O) groups is 3. The first-order valence-electron chi connectivity index (χ1n) is 8.44. The third-order valence-corrected chi connectivity index (χ3v) is 4.41. The topological polar surface area (TPSA) is 87.7 Å². The smallest absolute Gasteiger partial charge is 0.307 e. The zero-order chi connectivity index (χ0) is 18.5. The molecule has 7 nitrogen and oxygen atoms in total. The van der Waals surface area contributed by atoms with Crippen molar-refractivity contribution in [3.8, 4) is 0 Å². The first kappa shape index (κ1) is 17.9. The van der Waals surface area contributed by atoms with Gasteiger partial charge in [-0.25, -0.2) is 0 Å².